The Morgan fingerprint density at radius 2 is 2.04 bits per heavy atom. The van der Waals surface area contributed by atoms with Crippen molar-refractivity contribution < 1.29 is 27.2 Å². The fraction of sp³-hybridized carbons (Fsp3) is 0.235. The number of carbonyl (C=O) groups excluding carboxylic acids is 1. The monoisotopic (exact) mass is 395 g/mol. The highest BCUT2D eigenvalue weighted by molar-refractivity contribution is 7.14. The van der Waals surface area contributed by atoms with Crippen LogP contribution >= 0.6 is 11.3 Å². The Balaban J connectivity index is 1.57. The second-order valence-corrected chi connectivity index (χ2v) is 6.81. The van der Waals surface area contributed by atoms with Crippen molar-refractivity contribution in [2.45, 2.75) is 25.1 Å². The Bertz CT molecular complexity index is 979. The lowest BCUT2D eigenvalue weighted by Crippen LogP contribution is -2.20. The fourth-order valence-corrected chi connectivity index (χ4v) is 3.24. The van der Waals surface area contributed by atoms with Crippen LogP contribution in [0.3, 0.4) is 0 Å². The van der Waals surface area contributed by atoms with Gasteiger partial charge in [-0.3, -0.25) is 4.79 Å². The van der Waals surface area contributed by atoms with Crippen LogP contribution in [-0.4, -0.2) is 22.4 Å². The minimum absolute atomic E-state index is 0.240. The number of ether oxygens (including phenoxy) is 1. The van der Waals surface area contributed by atoms with Crippen LogP contribution in [0, 0.1) is 0 Å². The SMILES string of the molecule is O=C(Nc1ccsc1-c1nc(C2CC2)no1)c1ccccc1OC(F)(F)F. The number of nitrogens with zero attached hydrogens (tertiary/aromatic N) is 2. The van der Waals surface area contributed by atoms with Gasteiger partial charge in [0.15, 0.2) is 5.82 Å². The van der Waals surface area contributed by atoms with Gasteiger partial charge in [-0.2, -0.15) is 4.98 Å². The second kappa shape index (κ2) is 6.69. The zero-order valence-electron chi connectivity index (χ0n) is 13.6. The molecule has 1 saturated carbocycles. The molecule has 0 unspecified atom stereocenters. The van der Waals surface area contributed by atoms with E-state index in [-0.39, 0.29) is 11.5 Å². The van der Waals surface area contributed by atoms with Crippen LogP contribution in [0.15, 0.2) is 40.2 Å². The molecule has 4 rings (SSSR count). The Hall–Kier alpha value is -2.88. The van der Waals surface area contributed by atoms with E-state index in [0.29, 0.717) is 22.3 Å². The summed E-state index contributed by atoms with van der Waals surface area (Å²) in [5.74, 6) is -0.113. The zero-order chi connectivity index (χ0) is 19.0. The molecule has 1 aliphatic rings. The summed E-state index contributed by atoms with van der Waals surface area (Å²) in [6.07, 6.45) is -2.86. The topological polar surface area (TPSA) is 77.3 Å². The lowest BCUT2D eigenvalue weighted by molar-refractivity contribution is -0.274. The van der Waals surface area contributed by atoms with E-state index in [1.807, 2.05) is 0 Å². The first-order valence-corrected chi connectivity index (χ1v) is 8.86. The number of thiophene rings is 1. The Kier molecular flexibility index (Phi) is 4.34. The van der Waals surface area contributed by atoms with Crippen molar-refractivity contribution in [3.63, 3.8) is 0 Å². The minimum atomic E-state index is -4.90. The molecule has 0 radical (unpaired) electrons. The first-order valence-electron chi connectivity index (χ1n) is 7.98. The van der Waals surface area contributed by atoms with Crippen LogP contribution in [0.4, 0.5) is 18.9 Å². The number of carbonyl (C=O) groups is 1. The van der Waals surface area contributed by atoms with Gasteiger partial charge < -0.3 is 14.6 Å². The van der Waals surface area contributed by atoms with Crippen LogP contribution in [0.5, 0.6) is 5.75 Å². The van der Waals surface area contributed by atoms with Crippen LogP contribution in [0.2, 0.25) is 0 Å². The van der Waals surface area contributed by atoms with Gasteiger partial charge in [0.1, 0.15) is 10.6 Å². The normalized spacial score (nSPS) is 14.2. The van der Waals surface area contributed by atoms with Gasteiger partial charge in [-0.25, -0.2) is 0 Å². The lowest BCUT2D eigenvalue weighted by atomic mass is 10.2. The van der Waals surface area contributed by atoms with Gasteiger partial charge in [-0.15, -0.1) is 24.5 Å². The Morgan fingerprint density at radius 1 is 1.26 bits per heavy atom. The molecule has 10 heteroatoms. The van der Waals surface area contributed by atoms with Crippen molar-refractivity contribution in [2.24, 2.45) is 0 Å². The molecule has 0 aliphatic heterocycles. The molecule has 0 atom stereocenters. The standard InChI is InChI=1S/C17H12F3N3O3S/c18-17(19,20)25-12-4-2-1-3-10(12)15(24)21-11-7-8-27-13(11)16-22-14(23-26-16)9-5-6-9/h1-4,7-9H,5-6H2,(H,21,24). The fourth-order valence-electron chi connectivity index (χ4n) is 2.47. The van der Waals surface area contributed by atoms with Gasteiger partial charge in [0.05, 0.1) is 11.3 Å². The molecular weight excluding hydrogens is 383 g/mol. The maximum absolute atomic E-state index is 12.5. The predicted octanol–water partition coefficient (Wildman–Crippen LogP) is 4.83. The number of benzene rings is 1. The van der Waals surface area contributed by atoms with E-state index in [2.05, 4.69) is 20.2 Å². The molecule has 1 aromatic carbocycles. The summed E-state index contributed by atoms with van der Waals surface area (Å²) < 4.78 is 46.8. The number of alkyl halides is 3. The molecule has 0 spiro atoms. The van der Waals surface area contributed by atoms with Crippen LogP contribution < -0.4 is 10.1 Å². The molecular formula is C17H12F3N3O3S. The number of hydrogen-bond donors (Lipinski definition) is 1. The van der Waals surface area contributed by atoms with Crippen molar-refractivity contribution >= 4 is 22.9 Å². The third-order valence-corrected chi connectivity index (χ3v) is 4.75. The van der Waals surface area contributed by atoms with E-state index < -0.39 is 18.0 Å². The van der Waals surface area contributed by atoms with Crippen molar-refractivity contribution in [1.29, 1.82) is 0 Å². The van der Waals surface area contributed by atoms with E-state index in [1.54, 1.807) is 11.4 Å². The van der Waals surface area contributed by atoms with Crippen LogP contribution in [-0.2, 0) is 0 Å². The molecule has 1 aliphatic carbocycles. The summed E-state index contributed by atoms with van der Waals surface area (Å²) in [5, 5.41) is 8.22. The summed E-state index contributed by atoms with van der Waals surface area (Å²) in [6.45, 7) is 0. The van der Waals surface area contributed by atoms with Crippen LogP contribution in [0.1, 0.15) is 34.9 Å². The van der Waals surface area contributed by atoms with Gasteiger partial charge in [0, 0.05) is 5.92 Å². The average molecular weight is 395 g/mol. The van der Waals surface area contributed by atoms with Gasteiger partial charge in [0.2, 0.25) is 0 Å². The maximum Gasteiger partial charge on any atom is 0.573 e. The summed E-state index contributed by atoms with van der Waals surface area (Å²) in [5.41, 5.74) is 0.133. The highest BCUT2D eigenvalue weighted by Crippen LogP contribution is 2.40. The number of nitrogens with one attached hydrogen (secondary N) is 1. The molecule has 3 aromatic rings. The Labute approximate surface area is 155 Å². The van der Waals surface area contributed by atoms with E-state index in [0.717, 1.165) is 18.9 Å². The molecule has 140 valence electrons. The highest BCUT2D eigenvalue weighted by Gasteiger charge is 2.33. The number of halogens is 3. The third-order valence-electron chi connectivity index (χ3n) is 3.85. The van der Waals surface area contributed by atoms with Crippen molar-refractivity contribution in [3.8, 4) is 16.5 Å². The van der Waals surface area contributed by atoms with Gasteiger partial charge in [-0.05, 0) is 36.4 Å². The van der Waals surface area contributed by atoms with Crippen LogP contribution in [0.25, 0.3) is 10.8 Å². The molecule has 1 amide bonds. The largest absolute Gasteiger partial charge is 0.573 e. The average Bonchev–Trinajstić information content (AvgIpc) is 3.16. The summed E-state index contributed by atoms with van der Waals surface area (Å²) in [4.78, 5) is 17.4. The number of anilines is 1. The summed E-state index contributed by atoms with van der Waals surface area (Å²) >= 11 is 1.28. The van der Waals surface area contributed by atoms with Gasteiger partial charge in [0.25, 0.3) is 11.8 Å². The second-order valence-electron chi connectivity index (χ2n) is 5.89. The van der Waals surface area contributed by atoms with Gasteiger partial charge in [-0.1, -0.05) is 17.3 Å². The Morgan fingerprint density at radius 3 is 2.78 bits per heavy atom. The van der Waals surface area contributed by atoms with E-state index in [1.165, 1.54) is 29.5 Å². The summed E-state index contributed by atoms with van der Waals surface area (Å²) in [7, 11) is 0. The number of amides is 1. The predicted molar refractivity (Wildman–Crippen MR) is 90.7 cm³/mol. The third kappa shape index (κ3) is 3.95. The van der Waals surface area contributed by atoms with Crippen molar-refractivity contribution in [3.05, 3.63) is 47.1 Å². The molecule has 27 heavy (non-hydrogen) atoms. The van der Waals surface area contributed by atoms with Crippen molar-refractivity contribution in [1.82, 2.24) is 10.1 Å². The minimum Gasteiger partial charge on any atom is -0.405 e. The lowest BCUT2D eigenvalue weighted by Gasteiger charge is -2.13. The number of aromatic nitrogens is 2. The van der Waals surface area contributed by atoms with Crippen molar-refractivity contribution in [2.75, 3.05) is 5.32 Å². The quantitative estimate of drug-likeness (QED) is 0.670. The zero-order valence-corrected chi connectivity index (χ0v) is 14.4. The first kappa shape index (κ1) is 17.5. The number of para-hydroxylation sites is 1. The number of hydrogen-bond acceptors (Lipinski definition) is 6. The van der Waals surface area contributed by atoms with E-state index >= 15 is 0 Å². The molecule has 0 bridgehead atoms. The highest BCUT2D eigenvalue weighted by atomic mass is 32.1. The molecule has 1 fully saturated rings. The summed E-state index contributed by atoms with van der Waals surface area (Å²) in [6, 6.07) is 6.75. The molecule has 0 saturated heterocycles. The number of rotatable bonds is 5. The molecule has 1 N–H and O–H groups in total. The van der Waals surface area contributed by atoms with E-state index in [4.69, 9.17) is 4.52 Å². The molecule has 2 heterocycles. The maximum atomic E-state index is 12.5. The van der Waals surface area contributed by atoms with Gasteiger partial charge >= 0.3 is 6.36 Å². The molecule has 6 nitrogen and oxygen atoms in total. The van der Waals surface area contributed by atoms with E-state index in [9.17, 15) is 18.0 Å². The molecule has 2 aromatic heterocycles. The first-order chi connectivity index (χ1) is 12.9. The smallest absolute Gasteiger partial charge is 0.405 e.